The van der Waals surface area contributed by atoms with Gasteiger partial charge in [0.05, 0.1) is 25.3 Å². The summed E-state index contributed by atoms with van der Waals surface area (Å²) < 4.78 is 5.34. The third-order valence-electron chi connectivity index (χ3n) is 10.7. The van der Waals surface area contributed by atoms with Crippen LogP contribution in [-0.2, 0) is 19.6 Å². The molecule has 424 valence electrons. The van der Waals surface area contributed by atoms with Crippen LogP contribution < -0.4 is 22.9 Å². The van der Waals surface area contributed by atoms with Crippen molar-refractivity contribution in [3.05, 3.63) is 45.9 Å². The van der Waals surface area contributed by atoms with E-state index >= 15 is 0 Å². The number of nitrogens with one attached hydrogen (secondary N) is 1. The van der Waals surface area contributed by atoms with Crippen LogP contribution in [0.1, 0.15) is 39.0 Å². The number of nitrogens with zero attached hydrogens (tertiary/aromatic N) is 15. The molecule has 8 rings (SSSR count). The van der Waals surface area contributed by atoms with Gasteiger partial charge in [0.15, 0.2) is 43.2 Å². The van der Waals surface area contributed by atoms with Crippen molar-refractivity contribution in [3.63, 3.8) is 0 Å². The Bertz CT molecular complexity index is 2830. The Kier molecular flexibility index (Phi) is 62.5. The topological polar surface area (TPSA) is 451 Å². The zero-order valence-corrected chi connectivity index (χ0v) is 85.1. The third-order valence-corrected chi connectivity index (χ3v) is 11.7. The molecule has 8 radical (unpaired) electrons. The first-order chi connectivity index (χ1) is 35.1. The van der Waals surface area contributed by atoms with Gasteiger partial charge in [-0.3, -0.25) is 0 Å². The van der Waals surface area contributed by atoms with Crippen LogP contribution in [0.4, 0.5) is 23.8 Å². The van der Waals surface area contributed by atoms with Gasteiger partial charge in [-0.25, -0.2) is 19.9 Å². The fraction of sp³-hybridized carbons (Fsp3) is 0.512. The molecule has 0 aliphatic rings. The van der Waals surface area contributed by atoms with Crippen molar-refractivity contribution in [1.29, 1.82) is 0 Å². The number of aromatic amines is 1. The average molecular weight is 2920 g/mol. The number of anilines is 4. The molecule has 28 nitrogen and oxygen atoms in total. The molecule has 81 heavy (non-hydrogen) atoms. The molecule has 0 saturated carbocycles. The van der Waals surface area contributed by atoms with Crippen LogP contribution in [0, 0.1) is 376 Å². The molecule has 0 spiro atoms. The summed E-state index contributed by atoms with van der Waals surface area (Å²) in [5, 5.41) is 72.0. The molecule has 0 atom stereocenters. The quantitative estimate of drug-likeness (QED) is 0.0505. The first-order valence-corrected chi connectivity index (χ1v) is 24.0. The first-order valence-electron chi connectivity index (χ1n) is 22.5. The van der Waals surface area contributed by atoms with Gasteiger partial charge in [-0.15, -0.1) is 0 Å². The Morgan fingerprint density at radius 2 is 0.753 bits per heavy atom. The van der Waals surface area contributed by atoms with Crippen molar-refractivity contribution >= 4 is 115 Å². The number of hydrogen-bond donors (Lipinski definition) is 13. The zero-order chi connectivity index (χ0) is 53.6. The number of nitrogens with two attached hydrogens (primary N) is 4. The van der Waals surface area contributed by atoms with Gasteiger partial charge in [-0.2, -0.15) is 39.9 Å². The van der Waals surface area contributed by atoms with E-state index in [1.165, 1.54) is 6.33 Å². The molecule has 8 aromatic heterocycles. The first kappa shape index (κ1) is 95.5. The van der Waals surface area contributed by atoms with Crippen LogP contribution in [0.2, 0.25) is 20.6 Å². The molecule has 0 fully saturated rings. The molecule has 8 aromatic rings. The van der Waals surface area contributed by atoms with E-state index in [4.69, 9.17) is 110 Å². The van der Waals surface area contributed by atoms with Crippen molar-refractivity contribution < 1.29 is 393 Å². The number of aryl methyl sites for hydroxylation is 3. The summed E-state index contributed by atoms with van der Waals surface area (Å²) in [6.07, 6.45) is 10.1. The molecule has 0 aliphatic heterocycles. The number of nitrogen functional groups attached to an aromatic ring is 4. The van der Waals surface area contributed by atoms with Gasteiger partial charge in [-0.05, 0) is 25.7 Å². The normalized spacial score (nSPS) is 10.2. The third kappa shape index (κ3) is 32.2. The minimum absolute atomic E-state index is 0. The molecule has 0 saturated heterocycles. The van der Waals surface area contributed by atoms with Crippen LogP contribution >= 0.6 is 46.4 Å². The smallest absolute Gasteiger partial charge is 0.223 e. The van der Waals surface area contributed by atoms with Crippen molar-refractivity contribution in [2.75, 3.05) is 75.8 Å². The van der Waals surface area contributed by atoms with Crippen LogP contribution in [0.25, 0.3) is 44.7 Å². The number of rotatable bonds is 19. The van der Waals surface area contributed by atoms with Crippen molar-refractivity contribution in [2.45, 2.75) is 58.7 Å². The zero-order valence-electron chi connectivity index (χ0n) is 44.2. The molecule has 0 aliphatic carbocycles. The van der Waals surface area contributed by atoms with E-state index in [9.17, 15) is 0 Å². The Labute approximate surface area is 772 Å². The molecule has 0 bridgehead atoms. The van der Waals surface area contributed by atoms with Gasteiger partial charge >= 0.3 is 0 Å². The van der Waals surface area contributed by atoms with Crippen LogP contribution in [0.3, 0.4) is 0 Å². The summed E-state index contributed by atoms with van der Waals surface area (Å²) in [6, 6.07) is 0. The van der Waals surface area contributed by atoms with Crippen molar-refractivity contribution in [3.8, 4) is 0 Å². The predicted molar refractivity (Wildman–Crippen MR) is 275 cm³/mol. The maximum Gasteiger partial charge on any atom is 0.223 e. The van der Waals surface area contributed by atoms with E-state index in [0.717, 1.165) is 12.8 Å². The SMILES string of the molecule is CCCC(CO)CO.Nc1nc(Cl)c2[nH]cnc2n1.Nc1nc(Cl)c2c(ncn2CCC(CO)CO)n1.Nc1nc(Cl)c2ncn(CCC(CO)CO)c2n1.Nc1nc(Cl)c2ncn(CCC(CO)CO)c2n1.[Ac].[Ac].[Ac].[Ac].[Ac].[Ac].[Ac].[Ac]. The number of fused-ring (bicyclic) bond motifs is 4. The number of halogens is 4. The maximum absolute atomic E-state index is 9.01. The summed E-state index contributed by atoms with van der Waals surface area (Å²) in [5.41, 5.74) is 26.1. The second-order valence-corrected chi connectivity index (χ2v) is 17.4. The summed E-state index contributed by atoms with van der Waals surface area (Å²) in [6.45, 7) is 3.64. The minimum atomic E-state index is -0.157. The monoisotopic (exact) mass is 2920 g/mol. The van der Waals surface area contributed by atoms with Crippen molar-refractivity contribution in [1.82, 2.24) is 78.5 Å². The minimum Gasteiger partial charge on any atom is -0.396 e. The van der Waals surface area contributed by atoms with Gasteiger partial charge in [0.2, 0.25) is 23.8 Å². The molecule has 0 unspecified atom stereocenters. The van der Waals surface area contributed by atoms with Crippen molar-refractivity contribution in [2.24, 2.45) is 23.7 Å². The predicted octanol–water partition coefficient (Wildman–Crippen LogP) is 1.13. The number of hydrogen-bond acceptors (Lipinski definition) is 24. The number of aliphatic hydroxyl groups is 8. The Morgan fingerprint density at radius 3 is 1.14 bits per heavy atom. The summed E-state index contributed by atoms with van der Waals surface area (Å²) >= 11 is 23.5. The number of aromatic nitrogens is 16. The number of H-pyrrole nitrogens is 1. The summed E-state index contributed by atoms with van der Waals surface area (Å²) in [5.74, 6) is 0.0475. The fourth-order valence-corrected chi connectivity index (χ4v) is 7.39. The molecule has 8 heterocycles. The Morgan fingerprint density at radius 1 is 0.420 bits per heavy atom. The number of aliphatic hydroxyl groups excluding tert-OH is 8. The molecule has 0 amide bonds. The van der Waals surface area contributed by atoms with E-state index in [1.54, 1.807) is 32.7 Å². The van der Waals surface area contributed by atoms with Gasteiger partial charge in [-0.1, -0.05) is 59.7 Å². The largest absolute Gasteiger partial charge is 0.396 e. The molecule has 40 heteroatoms. The fourth-order valence-electron chi connectivity index (χ4n) is 6.45. The summed E-state index contributed by atoms with van der Waals surface area (Å²) in [4.78, 5) is 50.2. The Hall–Kier alpha value is 5.77. The van der Waals surface area contributed by atoms with Gasteiger partial charge in [0.25, 0.3) is 0 Å². The second-order valence-electron chi connectivity index (χ2n) is 16.0. The Balaban J connectivity index is -0.000000297. The van der Waals surface area contributed by atoms with E-state index in [-0.39, 0.29) is 468 Å². The summed E-state index contributed by atoms with van der Waals surface area (Å²) in [7, 11) is 0. The van der Waals surface area contributed by atoms with E-state index in [0.29, 0.717) is 88.7 Å². The molecule has 17 N–H and O–H groups in total. The van der Waals surface area contributed by atoms with E-state index in [1.807, 2.05) is 6.92 Å². The van der Waals surface area contributed by atoms with Gasteiger partial charge in [0.1, 0.15) is 22.1 Å². The molecule has 0 aromatic carbocycles. The van der Waals surface area contributed by atoms with Crippen LogP contribution in [0.15, 0.2) is 25.3 Å². The van der Waals surface area contributed by atoms with Crippen LogP contribution in [-0.4, -0.2) is 172 Å². The van der Waals surface area contributed by atoms with Crippen LogP contribution in [0.5, 0.6) is 0 Å². The second kappa shape index (κ2) is 53.1. The average Bonchev–Trinajstić information content (AvgIpc) is 4.20. The molecular formula is C41H60Ac8Cl4N20O8. The van der Waals surface area contributed by atoms with Gasteiger partial charge < -0.3 is 82.5 Å². The van der Waals surface area contributed by atoms with E-state index in [2.05, 4.69) is 64.8 Å². The maximum atomic E-state index is 9.01. The van der Waals surface area contributed by atoms with E-state index < -0.39 is 0 Å². The van der Waals surface area contributed by atoms with Gasteiger partial charge in [0, 0.05) is 449 Å². The molecular weight excluding hydrogens is 2860 g/mol. The standard InChI is InChI=1S/3C10H14ClN5O2.C6H14O2.C5H4ClN5.8Ac/c11-8-7-9(15-10(12)14-8)13-5-16(7)2-1-6(3-17)4-18;2*11-8-7-9(15-10(12)14-8)16(5-13-7)2-1-6(3-17)4-18;1-2-3-6(4-7)5-8;6-3-2-4(9-1-8-2)11-5(7)10-3;;;;;;;;/h3*5-6,17-18H,1-4H2,(H2,12,14,15);6-8H,2-5H2,1H3;1H,(H3,7,8,9,10,11);;;;;;;;. The number of imidazole rings is 4.